The third-order valence-electron chi connectivity index (χ3n) is 3.17. The van der Waals surface area contributed by atoms with E-state index >= 15 is 0 Å². The van der Waals surface area contributed by atoms with E-state index in [0.29, 0.717) is 17.0 Å². The predicted molar refractivity (Wildman–Crippen MR) is 88.0 cm³/mol. The van der Waals surface area contributed by atoms with Gasteiger partial charge < -0.3 is 0 Å². The smallest absolute Gasteiger partial charge is 0.267 e. The van der Waals surface area contributed by atoms with Gasteiger partial charge in [0.25, 0.3) is 5.91 Å². The molecular formula is C18H14N4O. The molecule has 0 saturated heterocycles. The Hall–Kier alpha value is -3.34. The average molecular weight is 302 g/mol. The normalized spacial score (nSPS) is 11.0. The number of nitrogens with zero attached hydrogens (tertiary/aromatic N) is 3. The molecule has 2 aromatic heterocycles. The number of hydrazone groups is 1. The lowest BCUT2D eigenvalue weighted by molar-refractivity contribution is 0.0955. The summed E-state index contributed by atoms with van der Waals surface area (Å²) < 4.78 is 0. The lowest BCUT2D eigenvalue weighted by Crippen LogP contribution is -2.21. The molecule has 5 nitrogen and oxygen atoms in total. The molecule has 0 aliphatic heterocycles. The molecule has 3 rings (SSSR count). The Bertz CT molecular complexity index is 761. The summed E-state index contributed by atoms with van der Waals surface area (Å²) >= 11 is 0. The fraction of sp³-hybridized carbons (Fsp3) is 0. The van der Waals surface area contributed by atoms with Crippen LogP contribution >= 0.6 is 0 Å². The highest BCUT2D eigenvalue weighted by molar-refractivity contribution is 6.12. The van der Waals surface area contributed by atoms with Crippen LogP contribution in [0.5, 0.6) is 0 Å². The summed E-state index contributed by atoms with van der Waals surface area (Å²) in [7, 11) is 0. The van der Waals surface area contributed by atoms with Crippen LogP contribution in [0.3, 0.4) is 0 Å². The minimum absolute atomic E-state index is 0.295. The number of amides is 1. The Morgan fingerprint density at radius 3 is 2.26 bits per heavy atom. The highest BCUT2D eigenvalue weighted by Crippen LogP contribution is 2.08. The van der Waals surface area contributed by atoms with Crippen molar-refractivity contribution in [2.75, 3.05) is 0 Å². The molecule has 0 atom stereocenters. The number of carbonyl (C=O) groups excluding carboxylic acids is 1. The summed E-state index contributed by atoms with van der Waals surface area (Å²) in [5.74, 6) is -0.295. The second-order valence-electron chi connectivity index (χ2n) is 4.72. The van der Waals surface area contributed by atoms with Crippen LogP contribution in [0.2, 0.25) is 0 Å². The van der Waals surface area contributed by atoms with Gasteiger partial charge >= 0.3 is 0 Å². The van der Waals surface area contributed by atoms with E-state index in [1.165, 1.54) is 0 Å². The van der Waals surface area contributed by atoms with Crippen LogP contribution in [-0.4, -0.2) is 21.6 Å². The molecule has 3 aromatic rings. The lowest BCUT2D eigenvalue weighted by atomic mass is 10.1. The second-order valence-corrected chi connectivity index (χ2v) is 4.72. The number of nitrogens with one attached hydrogen (secondary N) is 1. The summed E-state index contributed by atoms with van der Waals surface area (Å²) in [6.45, 7) is 0. The maximum absolute atomic E-state index is 12.1. The van der Waals surface area contributed by atoms with Gasteiger partial charge in [-0.3, -0.25) is 14.8 Å². The van der Waals surface area contributed by atoms with Crippen molar-refractivity contribution in [1.29, 1.82) is 0 Å². The Morgan fingerprint density at radius 2 is 1.57 bits per heavy atom. The van der Waals surface area contributed by atoms with Gasteiger partial charge in [0.1, 0.15) is 5.71 Å². The van der Waals surface area contributed by atoms with Crippen molar-refractivity contribution < 1.29 is 4.79 Å². The molecule has 1 aromatic carbocycles. The van der Waals surface area contributed by atoms with E-state index in [4.69, 9.17) is 0 Å². The van der Waals surface area contributed by atoms with E-state index in [1.807, 2.05) is 48.5 Å². The van der Waals surface area contributed by atoms with E-state index in [0.717, 1.165) is 5.56 Å². The maximum atomic E-state index is 12.1. The molecule has 0 fully saturated rings. The van der Waals surface area contributed by atoms with E-state index in [2.05, 4.69) is 20.5 Å². The van der Waals surface area contributed by atoms with Crippen molar-refractivity contribution in [3.05, 3.63) is 96.1 Å². The first-order valence-corrected chi connectivity index (χ1v) is 7.09. The van der Waals surface area contributed by atoms with Gasteiger partial charge in [0.05, 0.1) is 5.69 Å². The van der Waals surface area contributed by atoms with Crippen LogP contribution in [0.4, 0.5) is 0 Å². The first-order chi connectivity index (χ1) is 11.3. The van der Waals surface area contributed by atoms with Crippen molar-refractivity contribution in [2.24, 2.45) is 5.10 Å². The maximum Gasteiger partial charge on any atom is 0.271 e. The molecule has 112 valence electrons. The minimum Gasteiger partial charge on any atom is -0.267 e. The molecule has 0 saturated carbocycles. The molecule has 0 radical (unpaired) electrons. The minimum atomic E-state index is -0.295. The van der Waals surface area contributed by atoms with Crippen LogP contribution in [0.1, 0.15) is 21.6 Å². The molecule has 5 heteroatoms. The first kappa shape index (κ1) is 14.6. The molecule has 1 N–H and O–H groups in total. The van der Waals surface area contributed by atoms with Crippen LogP contribution in [0.15, 0.2) is 84.4 Å². The van der Waals surface area contributed by atoms with E-state index in [-0.39, 0.29) is 5.91 Å². The van der Waals surface area contributed by atoms with Gasteiger partial charge in [0.2, 0.25) is 0 Å². The van der Waals surface area contributed by atoms with Crippen LogP contribution in [0, 0.1) is 0 Å². The molecule has 2 heterocycles. The van der Waals surface area contributed by atoms with Gasteiger partial charge in [-0.15, -0.1) is 0 Å². The third kappa shape index (κ3) is 3.65. The number of hydrogen-bond acceptors (Lipinski definition) is 4. The zero-order chi connectivity index (χ0) is 15.9. The third-order valence-corrected chi connectivity index (χ3v) is 3.17. The Kier molecular flexibility index (Phi) is 4.49. The summed E-state index contributed by atoms with van der Waals surface area (Å²) in [6, 6.07) is 18.4. The summed E-state index contributed by atoms with van der Waals surface area (Å²) in [4.78, 5) is 20.4. The largest absolute Gasteiger partial charge is 0.271 e. The van der Waals surface area contributed by atoms with Crippen LogP contribution in [0.25, 0.3) is 0 Å². The first-order valence-electron chi connectivity index (χ1n) is 7.09. The number of carbonyl (C=O) groups is 1. The van der Waals surface area contributed by atoms with E-state index in [1.54, 1.807) is 30.7 Å². The van der Waals surface area contributed by atoms with E-state index < -0.39 is 0 Å². The average Bonchev–Trinajstić information content (AvgIpc) is 2.64. The molecular weight excluding hydrogens is 288 g/mol. The van der Waals surface area contributed by atoms with Gasteiger partial charge in [-0.1, -0.05) is 36.4 Å². The molecule has 1 amide bonds. The molecule has 0 aliphatic carbocycles. The highest BCUT2D eigenvalue weighted by Gasteiger charge is 2.09. The summed E-state index contributed by atoms with van der Waals surface area (Å²) in [5, 5.41) is 4.27. The monoisotopic (exact) mass is 302 g/mol. The standard InChI is InChI=1S/C18H14N4O/c23-18(15-9-12-19-13-10-15)22-21-17(14-6-2-1-3-7-14)16-8-4-5-11-20-16/h1-13H,(H,22,23)/b21-17+. The number of rotatable bonds is 4. The number of benzene rings is 1. The summed E-state index contributed by atoms with van der Waals surface area (Å²) in [6.07, 6.45) is 4.82. The molecule has 0 bridgehead atoms. The number of aromatic nitrogens is 2. The Morgan fingerprint density at radius 1 is 0.826 bits per heavy atom. The van der Waals surface area contributed by atoms with Gasteiger partial charge in [-0.25, -0.2) is 5.43 Å². The van der Waals surface area contributed by atoms with Crippen molar-refractivity contribution in [1.82, 2.24) is 15.4 Å². The van der Waals surface area contributed by atoms with Crippen molar-refractivity contribution >= 4 is 11.6 Å². The number of hydrogen-bond donors (Lipinski definition) is 1. The zero-order valence-corrected chi connectivity index (χ0v) is 12.3. The second kappa shape index (κ2) is 7.09. The van der Waals surface area contributed by atoms with Gasteiger partial charge in [-0.2, -0.15) is 5.10 Å². The van der Waals surface area contributed by atoms with Crippen molar-refractivity contribution in [3.8, 4) is 0 Å². The van der Waals surface area contributed by atoms with Gasteiger partial charge in [-0.05, 0) is 24.3 Å². The fourth-order valence-electron chi connectivity index (χ4n) is 2.04. The van der Waals surface area contributed by atoms with Crippen molar-refractivity contribution in [3.63, 3.8) is 0 Å². The van der Waals surface area contributed by atoms with Crippen LogP contribution in [-0.2, 0) is 0 Å². The Labute approximate surface area is 133 Å². The molecule has 0 spiro atoms. The van der Waals surface area contributed by atoms with Crippen molar-refractivity contribution in [2.45, 2.75) is 0 Å². The van der Waals surface area contributed by atoms with Crippen LogP contribution < -0.4 is 5.43 Å². The topological polar surface area (TPSA) is 67.2 Å². The lowest BCUT2D eigenvalue weighted by Gasteiger charge is -2.07. The highest BCUT2D eigenvalue weighted by atomic mass is 16.2. The fourth-order valence-corrected chi connectivity index (χ4v) is 2.04. The Balaban J connectivity index is 1.91. The quantitative estimate of drug-likeness (QED) is 0.595. The molecule has 0 unspecified atom stereocenters. The zero-order valence-electron chi connectivity index (χ0n) is 12.3. The number of pyridine rings is 2. The summed E-state index contributed by atoms with van der Waals surface area (Å²) in [5.41, 5.74) is 5.24. The SMILES string of the molecule is O=C(N/N=C(\c1ccccc1)c1ccccn1)c1ccncc1. The van der Waals surface area contributed by atoms with Gasteiger partial charge in [0, 0.05) is 29.7 Å². The van der Waals surface area contributed by atoms with Gasteiger partial charge in [0.15, 0.2) is 0 Å². The predicted octanol–water partition coefficient (Wildman–Crippen LogP) is 2.66. The molecule has 0 aliphatic rings. The molecule has 23 heavy (non-hydrogen) atoms. The van der Waals surface area contributed by atoms with E-state index in [9.17, 15) is 4.79 Å².